The Hall–Kier alpha value is -2.03. The van der Waals surface area contributed by atoms with Gasteiger partial charge in [-0.15, -0.1) is 0 Å². The Labute approximate surface area is 107 Å². The first kappa shape index (κ1) is 11.1. The zero-order valence-electron chi connectivity index (χ0n) is 10.5. The molecule has 1 heterocycles. The second kappa shape index (κ2) is 4.33. The fourth-order valence-corrected chi connectivity index (χ4v) is 2.51. The molecule has 1 aromatic carbocycles. The molecule has 0 amide bonds. The lowest BCUT2D eigenvalue weighted by molar-refractivity contribution is 0.912. The van der Waals surface area contributed by atoms with Gasteiger partial charge in [0.05, 0.1) is 11.9 Å². The maximum Gasteiger partial charge on any atom is 0.133 e. The number of nitrogens with one attached hydrogen (secondary N) is 1. The summed E-state index contributed by atoms with van der Waals surface area (Å²) in [5, 5.41) is 3.36. The number of pyridine rings is 1. The van der Waals surface area contributed by atoms with Gasteiger partial charge in [0.1, 0.15) is 5.82 Å². The van der Waals surface area contributed by atoms with Crippen molar-refractivity contribution in [3.8, 4) is 0 Å². The topological polar surface area (TPSA) is 50.9 Å². The van der Waals surface area contributed by atoms with Gasteiger partial charge in [0.2, 0.25) is 0 Å². The van der Waals surface area contributed by atoms with Crippen LogP contribution in [0.5, 0.6) is 0 Å². The first-order valence-corrected chi connectivity index (χ1v) is 6.33. The summed E-state index contributed by atoms with van der Waals surface area (Å²) in [6.45, 7) is 2.01. The molecule has 3 heteroatoms. The molecule has 18 heavy (non-hydrogen) atoms. The third kappa shape index (κ3) is 2.04. The Morgan fingerprint density at radius 3 is 2.83 bits per heavy atom. The van der Waals surface area contributed by atoms with Gasteiger partial charge in [-0.1, -0.05) is 6.07 Å². The zero-order valence-corrected chi connectivity index (χ0v) is 10.5. The molecule has 3 nitrogen and oxygen atoms in total. The van der Waals surface area contributed by atoms with Gasteiger partial charge in [0.25, 0.3) is 0 Å². The summed E-state index contributed by atoms with van der Waals surface area (Å²) in [6.07, 6.45) is 5.37. The van der Waals surface area contributed by atoms with Crippen LogP contribution in [0.25, 0.3) is 0 Å². The number of rotatable bonds is 2. The van der Waals surface area contributed by atoms with Gasteiger partial charge in [-0.3, -0.25) is 0 Å². The number of nitrogens with two attached hydrogens (primary N) is 1. The van der Waals surface area contributed by atoms with E-state index in [1.54, 1.807) is 6.20 Å². The Kier molecular flexibility index (Phi) is 2.67. The predicted molar refractivity (Wildman–Crippen MR) is 75.1 cm³/mol. The number of hydrogen-bond donors (Lipinski definition) is 2. The van der Waals surface area contributed by atoms with Crippen molar-refractivity contribution in [3.05, 3.63) is 47.2 Å². The van der Waals surface area contributed by atoms with Gasteiger partial charge in [-0.05, 0) is 61.1 Å². The second-order valence-corrected chi connectivity index (χ2v) is 4.90. The zero-order chi connectivity index (χ0) is 12.5. The molecule has 1 aliphatic rings. The van der Waals surface area contributed by atoms with Gasteiger partial charge in [0.15, 0.2) is 0 Å². The molecule has 3 N–H and O–H groups in total. The molecular weight excluding hydrogens is 222 g/mol. The predicted octanol–water partition coefficient (Wildman–Crippen LogP) is 3.20. The summed E-state index contributed by atoms with van der Waals surface area (Å²) in [6, 6.07) is 8.52. The molecule has 0 fully saturated rings. The summed E-state index contributed by atoms with van der Waals surface area (Å²) < 4.78 is 0. The van der Waals surface area contributed by atoms with E-state index in [0.29, 0.717) is 5.69 Å². The average molecular weight is 239 g/mol. The van der Waals surface area contributed by atoms with Crippen molar-refractivity contribution in [2.24, 2.45) is 0 Å². The summed E-state index contributed by atoms with van der Waals surface area (Å²) in [4.78, 5) is 4.33. The van der Waals surface area contributed by atoms with E-state index in [1.165, 1.54) is 30.4 Å². The quantitative estimate of drug-likeness (QED) is 0.846. The molecule has 0 atom stereocenters. The third-order valence-electron chi connectivity index (χ3n) is 3.46. The number of fused-ring (bicyclic) bond motifs is 1. The molecular formula is C15H17N3. The third-order valence-corrected chi connectivity index (χ3v) is 3.46. The Balaban J connectivity index is 1.88. The number of anilines is 3. The van der Waals surface area contributed by atoms with Crippen LogP contribution in [-0.4, -0.2) is 4.98 Å². The molecule has 1 aliphatic carbocycles. The van der Waals surface area contributed by atoms with E-state index in [4.69, 9.17) is 5.73 Å². The number of aryl methyl sites for hydroxylation is 3. The van der Waals surface area contributed by atoms with Crippen LogP contribution in [0.15, 0.2) is 30.5 Å². The molecule has 0 unspecified atom stereocenters. The second-order valence-electron chi connectivity index (χ2n) is 4.90. The lowest BCUT2D eigenvalue weighted by Crippen LogP contribution is -1.98. The molecule has 2 aromatic rings. The van der Waals surface area contributed by atoms with E-state index >= 15 is 0 Å². The van der Waals surface area contributed by atoms with Crippen LogP contribution in [0.4, 0.5) is 17.2 Å². The van der Waals surface area contributed by atoms with Crippen molar-refractivity contribution < 1.29 is 0 Å². The molecule has 0 bridgehead atoms. The van der Waals surface area contributed by atoms with Gasteiger partial charge in [-0.25, -0.2) is 4.98 Å². The number of aromatic nitrogens is 1. The highest BCUT2D eigenvalue weighted by molar-refractivity contribution is 5.62. The van der Waals surface area contributed by atoms with Crippen LogP contribution in [0.1, 0.15) is 23.1 Å². The van der Waals surface area contributed by atoms with Crippen molar-refractivity contribution in [3.63, 3.8) is 0 Å². The molecule has 0 spiro atoms. The molecule has 0 radical (unpaired) electrons. The number of benzene rings is 1. The molecule has 1 aromatic heterocycles. The Bertz CT molecular complexity index is 590. The van der Waals surface area contributed by atoms with Crippen LogP contribution in [0.2, 0.25) is 0 Å². The largest absolute Gasteiger partial charge is 0.397 e. The Morgan fingerprint density at radius 1 is 1.17 bits per heavy atom. The molecule has 92 valence electrons. The monoisotopic (exact) mass is 239 g/mol. The fraction of sp³-hybridized carbons (Fsp3) is 0.267. The van der Waals surface area contributed by atoms with E-state index in [-0.39, 0.29) is 0 Å². The first-order valence-electron chi connectivity index (χ1n) is 6.33. The highest BCUT2D eigenvalue weighted by atomic mass is 15.0. The lowest BCUT2D eigenvalue weighted by atomic mass is 10.1. The maximum atomic E-state index is 5.70. The smallest absolute Gasteiger partial charge is 0.133 e. The highest BCUT2D eigenvalue weighted by Gasteiger charge is 2.11. The Morgan fingerprint density at radius 2 is 2.00 bits per heavy atom. The molecule has 3 rings (SSSR count). The number of nitrogens with zero attached hydrogens (tertiary/aromatic N) is 1. The van der Waals surface area contributed by atoms with Crippen molar-refractivity contribution in [1.82, 2.24) is 4.98 Å². The fourth-order valence-electron chi connectivity index (χ4n) is 2.51. The van der Waals surface area contributed by atoms with E-state index in [1.807, 2.05) is 13.0 Å². The van der Waals surface area contributed by atoms with Crippen LogP contribution in [0.3, 0.4) is 0 Å². The minimum Gasteiger partial charge on any atom is -0.397 e. The van der Waals surface area contributed by atoms with E-state index < -0.39 is 0 Å². The van der Waals surface area contributed by atoms with E-state index in [0.717, 1.165) is 17.1 Å². The van der Waals surface area contributed by atoms with Crippen molar-refractivity contribution in [1.29, 1.82) is 0 Å². The van der Waals surface area contributed by atoms with Crippen molar-refractivity contribution >= 4 is 17.2 Å². The number of hydrogen-bond acceptors (Lipinski definition) is 3. The van der Waals surface area contributed by atoms with Gasteiger partial charge >= 0.3 is 0 Å². The highest BCUT2D eigenvalue weighted by Crippen LogP contribution is 2.27. The first-order chi connectivity index (χ1) is 8.72. The van der Waals surface area contributed by atoms with E-state index in [9.17, 15) is 0 Å². The molecule has 0 aliphatic heterocycles. The van der Waals surface area contributed by atoms with Crippen LogP contribution in [-0.2, 0) is 12.8 Å². The summed E-state index contributed by atoms with van der Waals surface area (Å²) in [5.41, 5.74) is 11.5. The number of nitrogen functional groups attached to an aromatic ring is 1. The van der Waals surface area contributed by atoms with Crippen LogP contribution >= 0.6 is 0 Å². The summed E-state index contributed by atoms with van der Waals surface area (Å²) in [7, 11) is 0. The van der Waals surface area contributed by atoms with Crippen LogP contribution in [0, 0.1) is 6.92 Å². The molecule has 0 saturated heterocycles. The molecule has 0 saturated carbocycles. The average Bonchev–Trinajstić information content (AvgIpc) is 2.80. The van der Waals surface area contributed by atoms with Crippen LogP contribution < -0.4 is 11.1 Å². The van der Waals surface area contributed by atoms with Gasteiger partial charge < -0.3 is 11.1 Å². The summed E-state index contributed by atoms with van der Waals surface area (Å²) >= 11 is 0. The maximum absolute atomic E-state index is 5.70. The van der Waals surface area contributed by atoms with Crippen molar-refractivity contribution in [2.75, 3.05) is 11.1 Å². The van der Waals surface area contributed by atoms with Crippen molar-refractivity contribution in [2.45, 2.75) is 26.2 Å². The standard InChI is InChI=1S/C15H17N3/c1-10-7-13(16)9-17-15(10)18-14-6-5-11-3-2-4-12(11)8-14/h5-9H,2-4,16H2,1H3,(H,17,18). The van der Waals surface area contributed by atoms with E-state index in [2.05, 4.69) is 28.5 Å². The van der Waals surface area contributed by atoms with Gasteiger partial charge in [-0.2, -0.15) is 0 Å². The van der Waals surface area contributed by atoms with Gasteiger partial charge in [0, 0.05) is 5.69 Å². The lowest BCUT2D eigenvalue weighted by Gasteiger charge is -2.10. The summed E-state index contributed by atoms with van der Waals surface area (Å²) in [5.74, 6) is 0.877. The minimum absolute atomic E-state index is 0.701. The normalized spacial score (nSPS) is 13.4. The minimum atomic E-state index is 0.701. The SMILES string of the molecule is Cc1cc(N)cnc1Nc1ccc2c(c1)CCC2.